The molecule has 2 N–H and O–H groups in total. The highest BCUT2D eigenvalue weighted by Crippen LogP contribution is 2.28. The molecule has 0 heterocycles. The van der Waals surface area contributed by atoms with E-state index in [-0.39, 0.29) is 6.79 Å². The van der Waals surface area contributed by atoms with Gasteiger partial charge in [0, 0.05) is 10.7 Å². The Labute approximate surface area is 126 Å². The molecule has 108 valence electrons. The molecule has 0 aliphatic carbocycles. The van der Waals surface area contributed by atoms with E-state index in [2.05, 4.69) is 22.6 Å². The van der Waals surface area contributed by atoms with Crippen LogP contribution in [0.15, 0.2) is 24.3 Å². The zero-order valence-corrected chi connectivity index (χ0v) is 13.6. The van der Waals surface area contributed by atoms with Crippen molar-refractivity contribution in [2.75, 3.05) is 13.9 Å². The van der Waals surface area contributed by atoms with Gasteiger partial charge in [0.15, 0.2) is 0 Å². The van der Waals surface area contributed by atoms with E-state index in [1.165, 1.54) is 7.11 Å². The lowest BCUT2D eigenvalue weighted by atomic mass is 10.1. The van der Waals surface area contributed by atoms with Gasteiger partial charge in [-0.3, -0.25) is 4.18 Å². The van der Waals surface area contributed by atoms with Crippen LogP contribution in [0.3, 0.4) is 0 Å². The number of hydrogen-bond acceptors (Lipinski definition) is 5. The molecule has 6 nitrogen and oxygen atoms in total. The van der Waals surface area contributed by atoms with Gasteiger partial charge in [-0.05, 0) is 41.1 Å². The van der Waals surface area contributed by atoms with Crippen molar-refractivity contribution in [1.29, 1.82) is 0 Å². The summed E-state index contributed by atoms with van der Waals surface area (Å²) < 4.78 is 38.1. The Balaban J connectivity index is 2.97. The summed E-state index contributed by atoms with van der Waals surface area (Å²) in [5.74, 6) is 0. The van der Waals surface area contributed by atoms with Crippen LogP contribution in [0.1, 0.15) is 18.6 Å². The van der Waals surface area contributed by atoms with Gasteiger partial charge in [-0.15, -0.1) is 0 Å². The van der Waals surface area contributed by atoms with Crippen LogP contribution in [0, 0.1) is 3.57 Å². The van der Waals surface area contributed by atoms with Crippen molar-refractivity contribution < 1.29 is 22.1 Å². The van der Waals surface area contributed by atoms with E-state index in [0.717, 1.165) is 9.13 Å². The highest BCUT2D eigenvalue weighted by molar-refractivity contribution is 14.1. The first-order chi connectivity index (χ1) is 8.85. The molecule has 1 rings (SSSR count). The van der Waals surface area contributed by atoms with Crippen molar-refractivity contribution in [2.24, 2.45) is 5.14 Å². The molecule has 0 spiro atoms. The molecule has 0 fully saturated rings. The first-order valence-corrected chi connectivity index (χ1v) is 7.96. The summed E-state index contributed by atoms with van der Waals surface area (Å²) in [6.45, 7) is 1.60. The molecule has 1 aromatic rings. The summed E-state index contributed by atoms with van der Waals surface area (Å²) in [4.78, 5) is 0. The molecule has 0 aliphatic rings. The maximum Gasteiger partial charge on any atom is 0.333 e. The molecule has 0 saturated heterocycles. The standard InChI is InChI=1S/C11H16INO5S/c1-8(18-19(13,14)15)11(17-7-16-2)9-5-3-4-6-10(9)12/h3-6,8,11H,7H2,1-2H3,(H2,13,14,15)/t8-,11+/m1/s1. The molecular formula is C11H16INO5S. The normalized spacial score (nSPS) is 15.2. The van der Waals surface area contributed by atoms with Crippen molar-refractivity contribution in [3.05, 3.63) is 33.4 Å². The number of methoxy groups -OCH3 is 1. The number of halogens is 1. The van der Waals surface area contributed by atoms with Gasteiger partial charge in [0.2, 0.25) is 0 Å². The molecule has 8 heteroatoms. The average molecular weight is 401 g/mol. The summed E-state index contributed by atoms with van der Waals surface area (Å²) in [6.07, 6.45) is -1.35. The van der Waals surface area contributed by atoms with Crippen LogP contribution in [0.4, 0.5) is 0 Å². The minimum absolute atomic E-state index is 0.0218. The molecule has 0 aliphatic heterocycles. The van der Waals surface area contributed by atoms with E-state index < -0.39 is 22.5 Å². The zero-order chi connectivity index (χ0) is 14.5. The highest BCUT2D eigenvalue weighted by Gasteiger charge is 2.26. The van der Waals surface area contributed by atoms with E-state index in [9.17, 15) is 8.42 Å². The molecule has 2 atom stereocenters. The molecule has 0 radical (unpaired) electrons. The van der Waals surface area contributed by atoms with Crippen molar-refractivity contribution in [3.8, 4) is 0 Å². The van der Waals surface area contributed by atoms with Gasteiger partial charge >= 0.3 is 10.3 Å². The van der Waals surface area contributed by atoms with Crippen molar-refractivity contribution in [2.45, 2.75) is 19.1 Å². The Morgan fingerprint density at radius 3 is 2.53 bits per heavy atom. The van der Waals surface area contributed by atoms with Crippen LogP contribution in [-0.4, -0.2) is 28.4 Å². The lowest BCUT2D eigenvalue weighted by molar-refractivity contribution is -0.104. The molecular weight excluding hydrogens is 385 g/mol. The van der Waals surface area contributed by atoms with Crippen molar-refractivity contribution in [3.63, 3.8) is 0 Å². The van der Waals surface area contributed by atoms with Gasteiger partial charge in [0.05, 0.1) is 0 Å². The van der Waals surface area contributed by atoms with Crippen LogP contribution in [0.2, 0.25) is 0 Å². The van der Waals surface area contributed by atoms with Crippen molar-refractivity contribution >= 4 is 32.9 Å². The summed E-state index contributed by atoms with van der Waals surface area (Å²) in [6, 6.07) is 7.45. The third-order valence-corrected chi connectivity index (χ3v) is 3.84. The fourth-order valence-electron chi connectivity index (χ4n) is 1.59. The number of rotatable bonds is 7. The predicted octanol–water partition coefficient (Wildman–Crippen LogP) is 1.56. The Morgan fingerprint density at radius 1 is 1.37 bits per heavy atom. The fourth-order valence-corrected chi connectivity index (χ4v) is 2.81. The van der Waals surface area contributed by atoms with Gasteiger partial charge in [-0.25, -0.2) is 5.14 Å². The van der Waals surface area contributed by atoms with Gasteiger partial charge in [-0.1, -0.05) is 18.2 Å². The van der Waals surface area contributed by atoms with E-state index >= 15 is 0 Å². The third-order valence-electron chi connectivity index (χ3n) is 2.29. The minimum Gasteiger partial charge on any atom is -0.359 e. The zero-order valence-electron chi connectivity index (χ0n) is 10.6. The number of benzene rings is 1. The minimum atomic E-state index is -4.04. The Bertz CT molecular complexity index is 508. The average Bonchev–Trinajstić information content (AvgIpc) is 2.29. The molecule has 1 aromatic carbocycles. The van der Waals surface area contributed by atoms with Crippen LogP contribution >= 0.6 is 22.6 Å². The van der Waals surface area contributed by atoms with Gasteiger partial charge in [0.25, 0.3) is 0 Å². The molecule has 0 amide bonds. The maximum atomic E-state index is 11.0. The molecule has 0 unspecified atom stereocenters. The Kier molecular flexibility index (Phi) is 6.63. The van der Waals surface area contributed by atoms with Gasteiger partial charge in [0.1, 0.15) is 19.0 Å². The number of hydrogen-bond donors (Lipinski definition) is 1. The van der Waals surface area contributed by atoms with Crippen LogP contribution < -0.4 is 5.14 Å². The quantitative estimate of drug-likeness (QED) is 0.554. The maximum absolute atomic E-state index is 11.0. The van der Waals surface area contributed by atoms with Crippen molar-refractivity contribution in [1.82, 2.24) is 0 Å². The fraction of sp³-hybridized carbons (Fsp3) is 0.455. The predicted molar refractivity (Wildman–Crippen MR) is 78.5 cm³/mol. The second-order valence-corrected chi connectivity index (χ2v) is 6.15. The third kappa shape index (κ3) is 5.71. The first kappa shape index (κ1) is 16.8. The summed E-state index contributed by atoms with van der Waals surface area (Å²) >= 11 is 2.14. The SMILES string of the molecule is COCO[C@H](c1ccccc1I)[C@@H](C)OS(N)(=O)=O. The molecule has 0 saturated carbocycles. The van der Waals surface area contributed by atoms with E-state index in [0.29, 0.717) is 0 Å². The van der Waals surface area contributed by atoms with Crippen LogP contribution in [-0.2, 0) is 24.0 Å². The molecule has 0 aromatic heterocycles. The number of nitrogens with two attached hydrogens (primary N) is 1. The molecule has 0 bridgehead atoms. The second-order valence-electron chi connectivity index (χ2n) is 3.81. The second kappa shape index (κ2) is 7.50. The monoisotopic (exact) mass is 401 g/mol. The summed E-state index contributed by atoms with van der Waals surface area (Å²) in [5, 5.41) is 4.88. The van der Waals surface area contributed by atoms with E-state index in [1.807, 2.05) is 24.3 Å². The summed E-state index contributed by atoms with van der Waals surface area (Å²) in [7, 11) is -2.55. The number of ether oxygens (including phenoxy) is 2. The smallest absolute Gasteiger partial charge is 0.333 e. The Hall–Kier alpha value is -0.260. The van der Waals surface area contributed by atoms with E-state index in [1.54, 1.807) is 6.92 Å². The highest BCUT2D eigenvalue weighted by atomic mass is 127. The van der Waals surface area contributed by atoms with Crippen LogP contribution in [0.5, 0.6) is 0 Å². The topological polar surface area (TPSA) is 87.8 Å². The summed E-state index contributed by atoms with van der Waals surface area (Å²) in [5.41, 5.74) is 0.816. The molecule has 19 heavy (non-hydrogen) atoms. The first-order valence-electron chi connectivity index (χ1n) is 5.41. The van der Waals surface area contributed by atoms with E-state index in [4.69, 9.17) is 18.8 Å². The lowest BCUT2D eigenvalue weighted by Crippen LogP contribution is -2.29. The largest absolute Gasteiger partial charge is 0.359 e. The van der Waals surface area contributed by atoms with Gasteiger partial charge in [-0.2, -0.15) is 8.42 Å². The van der Waals surface area contributed by atoms with Crippen LogP contribution in [0.25, 0.3) is 0 Å². The van der Waals surface area contributed by atoms with Gasteiger partial charge < -0.3 is 9.47 Å². The lowest BCUT2D eigenvalue weighted by Gasteiger charge is -2.24. The Morgan fingerprint density at radius 2 is 2.00 bits per heavy atom.